The number of carbonyl (C=O) groups is 1. The molecule has 0 aliphatic carbocycles. The molecule has 0 spiro atoms. The van der Waals surface area contributed by atoms with E-state index >= 15 is 0 Å². The van der Waals surface area contributed by atoms with Gasteiger partial charge < -0.3 is 10.6 Å². The van der Waals surface area contributed by atoms with Crippen LogP contribution in [-0.2, 0) is 11.3 Å². The van der Waals surface area contributed by atoms with Gasteiger partial charge in [-0.1, -0.05) is 24.3 Å². The Morgan fingerprint density at radius 3 is 2.50 bits per heavy atom. The molecule has 0 bridgehead atoms. The summed E-state index contributed by atoms with van der Waals surface area (Å²) in [6, 6.07) is 11.7. The molecule has 1 amide bonds. The van der Waals surface area contributed by atoms with Gasteiger partial charge in [-0.3, -0.25) is 9.78 Å². The van der Waals surface area contributed by atoms with Crippen molar-refractivity contribution in [3.63, 3.8) is 0 Å². The van der Waals surface area contributed by atoms with E-state index in [0.29, 0.717) is 6.54 Å². The second kappa shape index (κ2) is 6.82. The van der Waals surface area contributed by atoms with E-state index in [1.165, 1.54) is 0 Å². The number of nitrogens with zero attached hydrogens (tertiary/aromatic N) is 1. The Hall–Kier alpha value is -2.20. The lowest BCUT2D eigenvalue weighted by atomic mass is 10.1. The molecule has 1 aromatic heterocycles. The van der Waals surface area contributed by atoms with Gasteiger partial charge in [-0.25, -0.2) is 0 Å². The fraction of sp³-hybridized carbons (Fsp3) is 0.250. The second-order valence-corrected chi connectivity index (χ2v) is 4.74. The lowest BCUT2D eigenvalue weighted by molar-refractivity contribution is -0.115. The molecule has 1 heterocycles. The van der Waals surface area contributed by atoms with E-state index in [9.17, 15) is 4.79 Å². The van der Waals surface area contributed by atoms with Crippen molar-refractivity contribution in [1.29, 1.82) is 0 Å². The van der Waals surface area contributed by atoms with Gasteiger partial charge in [0.25, 0.3) is 0 Å². The molecule has 0 saturated carbocycles. The summed E-state index contributed by atoms with van der Waals surface area (Å²) in [5.74, 6) is -0.0432. The Bertz CT molecular complexity index is 561. The number of para-hydroxylation sites is 1. The van der Waals surface area contributed by atoms with Crippen molar-refractivity contribution in [2.45, 2.75) is 20.4 Å². The monoisotopic (exact) mass is 269 g/mol. The summed E-state index contributed by atoms with van der Waals surface area (Å²) in [4.78, 5) is 16.1. The van der Waals surface area contributed by atoms with Gasteiger partial charge in [0, 0.05) is 18.4 Å². The van der Waals surface area contributed by atoms with Crippen LogP contribution in [0.25, 0.3) is 0 Å². The van der Waals surface area contributed by atoms with Crippen LogP contribution in [0.4, 0.5) is 5.69 Å². The number of amides is 1. The highest BCUT2D eigenvalue weighted by Crippen LogP contribution is 2.18. The van der Waals surface area contributed by atoms with Crippen LogP contribution in [0.2, 0.25) is 0 Å². The third kappa shape index (κ3) is 3.90. The summed E-state index contributed by atoms with van der Waals surface area (Å²) in [5, 5.41) is 6.03. The number of anilines is 1. The van der Waals surface area contributed by atoms with Crippen molar-refractivity contribution in [2.24, 2.45) is 0 Å². The van der Waals surface area contributed by atoms with Crippen LogP contribution in [0.1, 0.15) is 16.8 Å². The summed E-state index contributed by atoms with van der Waals surface area (Å²) in [5.41, 5.74) is 3.97. The molecule has 0 radical (unpaired) electrons. The first-order valence-electron chi connectivity index (χ1n) is 6.63. The molecule has 0 atom stereocenters. The maximum Gasteiger partial charge on any atom is 0.238 e. The van der Waals surface area contributed by atoms with Crippen molar-refractivity contribution >= 4 is 11.6 Å². The fourth-order valence-electron chi connectivity index (χ4n) is 2.00. The van der Waals surface area contributed by atoms with E-state index in [1.807, 2.05) is 50.2 Å². The first-order valence-corrected chi connectivity index (χ1v) is 6.63. The predicted octanol–water partition coefficient (Wildman–Crippen LogP) is 2.43. The van der Waals surface area contributed by atoms with Crippen molar-refractivity contribution in [3.8, 4) is 0 Å². The Morgan fingerprint density at radius 2 is 1.85 bits per heavy atom. The molecule has 1 aromatic carbocycles. The van der Waals surface area contributed by atoms with Gasteiger partial charge in [0.15, 0.2) is 0 Å². The summed E-state index contributed by atoms with van der Waals surface area (Å²) in [7, 11) is 0. The summed E-state index contributed by atoms with van der Waals surface area (Å²) in [6.45, 7) is 4.83. The zero-order valence-corrected chi connectivity index (χ0v) is 11.8. The van der Waals surface area contributed by atoms with E-state index in [1.54, 1.807) is 6.20 Å². The molecule has 0 aliphatic heterocycles. The molecule has 2 aromatic rings. The van der Waals surface area contributed by atoms with Gasteiger partial charge in [0.1, 0.15) is 0 Å². The van der Waals surface area contributed by atoms with Gasteiger partial charge in [-0.05, 0) is 37.1 Å². The molecule has 4 heteroatoms. The highest BCUT2D eigenvalue weighted by Gasteiger charge is 2.06. The van der Waals surface area contributed by atoms with Crippen LogP contribution >= 0.6 is 0 Å². The number of aryl methyl sites for hydroxylation is 2. The summed E-state index contributed by atoms with van der Waals surface area (Å²) in [6.07, 6.45) is 1.74. The van der Waals surface area contributed by atoms with Gasteiger partial charge >= 0.3 is 0 Å². The number of benzene rings is 1. The summed E-state index contributed by atoms with van der Waals surface area (Å²) >= 11 is 0. The number of rotatable bonds is 5. The fourth-order valence-corrected chi connectivity index (χ4v) is 2.00. The number of aromatic nitrogens is 1. The predicted molar refractivity (Wildman–Crippen MR) is 80.5 cm³/mol. The molecule has 2 rings (SSSR count). The minimum atomic E-state index is -0.0432. The zero-order valence-electron chi connectivity index (χ0n) is 11.8. The van der Waals surface area contributed by atoms with E-state index in [-0.39, 0.29) is 12.5 Å². The van der Waals surface area contributed by atoms with E-state index < -0.39 is 0 Å². The van der Waals surface area contributed by atoms with Crippen LogP contribution in [0.5, 0.6) is 0 Å². The highest BCUT2D eigenvalue weighted by atomic mass is 16.1. The maximum atomic E-state index is 11.9. The molecule has 4 nitrogen and oxygen atoms in total. The molecule has 20 heavy (non-hydrogen) atoms. The third-order valence-corrected chi connectivity index (χ3v) is 3.06. The molecular weight excluding hydrogens is 250 g/mol. The quantitative estimate of drug-likeness (QED) is 0.876. The first kappa shape index (κ1) is 14.2. The molecule has 0 saturated heterocycles. The SMILES string of the molecule is Cc1cccc(C)c1NC(=O)CNCc1ccccn1. The number of carbonyl (C=O) groups excluding carboxylic acids is 1. The van der Waals surface area contributed by atoms with Crippen LogP contribution in [-0.4, -0.2) is 17.4 Å². The Morgan fingerprint density at radius 1 is 1.10 bits per heavy atom. The molecule has 104 valence electrons. The van der Waals surface area contributed by atoms with Gasteiger partial charge in [0.05, 0.1) is 12.2 Å². The number of hydrogen-bond donors (Lipinski definition) is 2. The Balaban J connectivity index is 1.84. The molecule has 0 fully saturated rings. The van der Waals surface area contributed by atoms with Gasteiger partial charge in [-0.2, -0.15) is 0 Å². The van der Waals surface area contributed by atoms with Crippen molar-refractivity contribution in [1.82, 2.24) is 10.3 Å². The average Bonchev–Trinajstić information content (AvgIpc) is 2.44. The van der Waals surface area contributed by atoms with Crippen molar-refractivity contribution in [3.05, 3.63) is 59.4 Å². The zero-order chi connectivity index (χ0) is 14.4. The average molecular weight is 269 g/mol. The van der Waals surface area contributed by atoms with Crippen molar-refractivity contribution < 1.29 is 4.79 Å². The Labute approximate surface area is 119 Å². The largest absolute Gasteiger partial charge is 0.324 e. The van der Waals surface area contributed by atoms with Crippen LogP contribution in [0, 0.1) is 13.8 Å². The second-order valence-electron chi connectivity index (χ2n) is 4.74. The molecular formula is C16H19N3O. The van der Waals surface area contributed by atoms with Crippen LogP contribution in [0.15, 0.2) is 42.6 Å². The smallest absolute Gasteiger partial charge is 0.238 e. The number of pyridine rings is 1. The van der Waals surface area contributed by atoms with Gasteiger partial charge in [-0.15, -0.1) is 0 Å². The van der Waals surface area contributed by atoms with Crippen LogP contribution in [0.3, 0.4) is 0 Å². The van der Waals surface area contributed by atoms with E-state index in [4.69, 9.17) is 0 Å². The minimum absolute atomic E-state index is 0.0432. The topological polar surface area (TPSA) is 54.0 Å². The maximum absolute atomic E-state index is 11.9. The number of nitrogens with one attached hydrogen (secondary N) is 2. The van der Waals surface area contributed by atoms with E-state index in [2.05, 4.69) is 15.6 Å². The Kier molecular flexibility index (Phi) is 4.85. The first-order chi connectivity index (χ1) is 9.66. The lowest BCUT2D eigenvalue weighted by Crippen LogP contribution is -2.28. The van der Waals surface area contributed by atoms with Crippen molar-refractivity contribution in [2.75, 3.05) is 11.9 Å². The highest BCUT2D eigenvalue weighted by molar-refractivity contribution is 5.93. The van der Waals surface area contributed by atoms with Crippen LogP contribution < -0.4 is 10.6 Å². The third-order valence-electron chi connectivity index (χ3n) is 3.06. The number of hydrogen-bond acceptors (Lipinski definition) is 3. The lowest BCUT2D eigenvalue weighted by Gasteiger charge is -2.11. The van der Waals surface area contributed by atoms with E-state index in [0.717, 1.165) is 22.5 Å². The van der Waals surface area contributed by atoms with Gasteiger partial charge in [0.2, 0.25) is 5.91 Å². The molecule has 2 N–H and O–H groups in total. The normalized spacial score (nSPS) is 10.3. The standard InChI is InChI=1S/C16H19N3O/c1-12-6-5-7-13(2)16(12)19-15(20)11-17-10-14-8-3-4-9-18-14/h3-9,17H,10-11H2,1-2H3,(H,19,20). The summed E-state index contributed by atoms with van der Waals surface area (Å²) < 4.78 is 0. The molecule has 0 unspecified atom stereocenters. The molecule has 0 aliphatic rings. The minimum Gasteiger partial charge on any atom is -0.324 e.